The molecule has 0 unspecified atom stereocenters. The molecule has 0 saturated carbocycles. The van der Waals surface area contributed by atoms with Crippen LogP contribution in [-0.2, 0) is 0 Å². The first kappa shape index (κ1) is 16.5. The molecule has 0 aromatic heterocycles. The fraction of sp³-hybridized carbons (Fsp3) is 0.750. The maximum absolute atomic E-state index is 10.1. The third kappa shape index (κ3) is 10.4. The highest BCUT2D eigenvalue weighted by Crippen LogP contribution is 2.00. The molecule has 0 aliphatic carbocycles. The van der Waals surface area contributed by atoms with Gasteiger partial charge in [-0.3, -0.25) is 5.73 Å². The molecule has 0 amide bonds. The fourth-order valence-electron chi connectivity index (χ4n) is 1.16. The van der Waals surface area contributed by atoms with Gasteiger partial charge in [-0.2, -0.15) is 0 Å². The molecule has 0 spiro atoms. The Labute approximate surface area is 109 Å². The molecule has 6 N–H and O–H groups in total. The minimum Gasteiger partial charge on any atom is -0.390 e. The summed E-state index contributed by atoms with van der Waals surface area (Å²) in [7, 11) is 0. The van der Waals surface area contributed by atoms with Gasteiger partial charge in [-0.25, -0.2) is 10.2 Å². The zero-order valence-electron chi connectivity index (χ0n) is 10.4. The minimum atomic E-state index is -0.731. The molecule has 0 atom stereocenters. The number of hydrogen-bond acceptors (Lipinski definition) is 5. The van der Waals surface area contributed by atoms with Crippen LogP contribution in [-0.4, -0.2) is 40.2 Å². The summed E-state index contributed by atoms with van der Waals surface area (Å²) in [5.74, 6) is -0.740. The number of nitrogens with one attached hydrogen (secondary N) is 1. The molecule has 0 aliphatic rings. The van der Waals surface area contributed by atoms with Gasteiger partial charge in [0.15, 0.2) is 0 Å². The molecular formula is C8H18N7O4+. The zero-order valence-corrected chi connectivity index (χ0v) is 10.4. The molecule has 108 valence electrons. The van der Waals surface area contributed by atoms with Gasteiger partial charge in [-0.1, -0.05) is 12.8 Å². The molecule has 0 saturated heterocycles. The second-order valence-corrected chi connectivity index (χ2v) is 3.56. The molecule has 0 aromatic carbocycles. The monoisotopic (exact) mass is 276 g/mol. The molecule has 0 bridgehead atoms. The van der Waals surface area contributed by atoms with E-state index >= 15 is 0 Å². The second-order valence-electron chi connectivity index (χ2n) is 3.56. The van der Waals surface area contributed by atoms with Crippen LogP contribution < -0.4 is 16.9 Å². The van der Waals surface area contributed by atoms with E-state index in [0.29, 0.717) is 19.5 Å². The number of nitrogens with two attached hydrogens (primary N) is 2. The average molecular weight is 276 g/mol. The quantitative estimate of drug-likeness (QED) is 0.146. The largest absolute Gasteiger partial charge is 0.420 e. The maximum Gasteiger partial charge on any atom is 0.420 e. The van der Waals surface area contributed by atoms with Crippen LogP contribution in [0.2, 0.25) is 0 Å². The molecule has 19 heavy (non-hydrogen) atoms. The van der Waals surface area contributed by atoms with Crippen LogP contribution in [0.5, 0.6) is 0 Å². The number of guanidine groups is 2. The summed E-state index contributed by atoms with van der Waals surface area (Å²) in [6.45, 7) is 0.725. The Hall–Kier alpha value is -2.46. The topological polar surface area (TPSA) is 172 Å². The highest BCUT2D eigenvalue weighted by atomic mass is 16.7. The summed E-state index contributed by atoms with van der Waals surface area (Å²) in [5, 5.41) is 17.8. The Morgan fingerprint density at radius 1 is 1.11 bits per heavy atom. The second kappa shape index (κ2) is 9.56. The molecule has 0 radical (unpaired) electrons. The number of hydrazine groups is 1. The number of unbranched alkanes of at least 4 members (excludes halogenated alkanes) is 3. The fourth-order valence-corrected chi connectivity index (χ4v) is 1.16. The molecule has 0 heterocycles. The van der Waals surface area contributed by atoms with Gasteiger partial charge >= 0.3 is 11.0 Å². The summed E-state index contributed by atoms with van der Waals surface area (Å²) in [6.07, 6.45) is 3.09. The summed E-state index contributed by atoms with van der Waals surface area (Å²) >= 11 is 0. The number of nitro groups is 1. The normalized spacial score (nSPS) is 12.2. The van der Waals surface area contributed by atoms with Crippen LogP contribution in [0.15, 0.2) is 9.98 Å². The van der Waals surface area contributed by atoms with Gasteiger partial charge in [-0.05, 0) is 23.2 Å². The van der Waals surface area contributed by atoms with E-state index in [1.165, 1.54) is 0 Å². The van der Waals surface area contributed by atoms with Crippen LogP contribution in [0.4, 0.5) is 0 Å². The summed E-state index contributed by atoms with van der Waals surface area (Å²) in [4.78, 5) is 26.8. The summed E-state index contributed by atoms with van der Waals surface area (Å²) in [6, 6.07) is 0. The van der Waals surface area contributed by atoms with Crippen molar-refractivity contribution in [3.05, 3.63) is 15.0 Å². The van der Waals surface area contributed by atoms with Crippen LogP contribution in [0.1, 0.15) is 25.7 Å². The standard InChI is InChI=1S/C8H18N7O4/c9-7(13-15(18)19)11-5-3-1-2-4-6-12-8(10)14(16)17/h1-6H2,(H2,10,12)(H,18,19)(H3,9,11,13)/q+1. The lowest BCUT2D eigenvalue weighted by atomic mass is 10.2. The van der Waals surface area contributed by atoms with Crippen molar-refractivity contribution in [2.75, 3.05) is 13.1 Å². The van der Waals surface area contributed by atoms with Crippen LogP contribution in [0.3, 0.4) is 0 Å². The third-order valence-electron chi connectivity index (χ3n) is 2.02. The van der Waals surface area contributed by atoms with Crippen molar-refractivity contribution in [3.8, 4) is 0 Å². The van der Waals surface area contributed by atoms with Crippen molar-refractivity contribution in [1.82, 2.24) is 5.43 Å². The van der Waals surface area contributed by atoms with Crippen LogP contribution >= 0.6 is 0 Å². The number of hydrogen-bond donors (Lipinski definition) is 4. The molecule has 11 heteroatoms. The molecule has 0 fully saturated rings. The van der Waals surface area contributed by atoms with Gasteiger partial charge in [0.05, 0.1) is 0 Å². The van der Waals surface area contributed by atoms with Crippen molar-refractivity contribution in [2.24, 2.45) is 21.5 Å². The Kier molecular flexibility index (Phi) is 8.32. The van der Waals surface area contributed by atoms with Crippen molar-refractivity contribution in [1.29, 1.82) is 0 Å². The van der Waals surface area contributed by atoms with Crippen LogP contribution in [0, 0.1) is 15.0 Å². The van der Waals surface area contributed by atoms with Crippen molar-refractivity contribution in [3.63, 3.8) is 0 Å². The van der Waals surface area contributed by atoms with Crippen molar-refractivity contribution >= 4 is 11.9 Å². The Bertz CT molecular complexity index is 368. The van der Waals surface area contributed by atoms with Gasteiger partial charge in [0.2, 0.25) is 0 Å². The average Bonchev–Trinajstić information content (AvgIpc) is 2.31. The summed E-state index contributed by atoms with van der Waals surface area (Å²) in [5.41, 5.74) is 12.1. The van der Waals surface area contributed by atoms with E-state index in [0.717, 1.165) is 19.3 Å². The first-order chi connectivity index (χ1) is 8.93. The SMILES string of the molecule is NC(=NCCCCCCN=C(N)[N+](=O)[O-])N[N+](=O)O. The lowest BCUT2D eigenvalue weighted by Gasteiger charge is -1.97. The van der Waals surface area contributed by atoms with E-state index < -0.39 is 15.9 Å². The van der Waals surface area contributed by atoms with E-state index in [-0.39, 0.29) is 5.96 Å². The van der Waals surface area contributed by atoms with Gasteiger partial charge in [-0.15, -0.1) is 4.99 Å². The van der Waals surface area contributed by atoms with E-state index in [1.54, 1.807) is 0 Å². The maximum atomic E-state index is 10.1. The Morgan fingerprint density at radius 3 is 2.11 bits per heavy atom. The molecule has 0 aromatic rings. The highest BCUT2D eigenvalue weighted by molar-refractivity contribution is 5.76. The van der Waals surface area contributed by atoms with E-state index in [4.69, 9.17) is 16.7 Å². The summed E-state index contributed by atoms with van der Waals surface area (Å²) < 4.78 is 0. The number of nitrogens with zero attached hydrogens (tertiary/aromatic N) is 4. The lowest BCUT2D eigenvalue weighted by Crippen LogP contribution is -2.37. The Morgan fingerprint density at radius 2 is 1.63 bits per heavy atom. The van der Waals surface area contributed by atoms with E-state index in [2.05, 4.69) is 9.98 Å². The minimum absolute atomic E-state index is 0.166. The predicted octanol–water partition coefficient (Wildman–Crippen LogP) is -0.874. The van der Waals surface area contributed by atoms with E-state index in [1.807, 2.05) is 5.43 Å². The third-order valence-corrected chi connectivity index (χ3v) is 2.02. The van der Waals surface area contributed by atoms with Gasteiger partial charge in [0.1, 0.15) is 11.5 Å². The first-order valence-electron chi connectivity index (χ1n) is 5.60. The molecule has 0 rings (SSSR count). The Balaban J connectivity index is 3.54. The number of aliphatic imine (C=N–C) groups is 2. The zero-order chi connectivity index (χ0) is 14.7. The first-order valence-corrected chi connectivity index (χ1v) is 5.60. The molecular weight excluding hydrogens is 258 g/mol. The van der Waals surface area contributed by atoms with Gasteiger partial charge < -0.3 is 15.8 Å². The van der Waals surface area contributed by atoms with E-state index in [9.17, 15) is 15.0 Å². The smallest absolute Gasteiger partial charge is 0.390 e. The van der Waals surface area contributed by atoms with Gasteiger partial charge in [0.25, 0.3) is 5.96 Å². The lowest BCUT2D eigenvalue weighted by molar-refractivity contribution is -0.822. The van der Waals surface area contributed by atoms with Crippen molar-refractivity contribution in [2.45, 2.75) is 25.7 Å². The molecule has 11 nitrogen and oxygen atoms in total. The number of rotatable bonds is 8. The molecule has 0 aliphatic heterocycles. The van der Waals surface area contributed by atoms with Gasteiger partial charge in [0, 0.05) is 6.54 Å². The predicted molar refractivity (Wildman–Crippen MR) is 67.0 cm³/mol. The van der Waals surface area contributed by atoms with Crippen molar-refractivity contribution < 1.29 is 15.2 Å². The highest BCUT2D eigenvalue weighted by Gasteiger charge is 2.03. The van der Waals surface area contributed by atoms with Crippen LogP contribution in [0.25, 0.3) is 0 Å².